The van der Waals surface area contributed by atoms with Gasteiger partial charge in [-0.25, -0.2) is 14.8 Å². The van der Waals surface area contributed by atoms with E-state index in [9.17, 15) is 9.90 Å². The van der Waals surface area contributed by atoms with Gasteiger partial charge in [0.25, 0.3) is 0 Å². The molecule has 0 amide bonds. The van der Waals surface area contributed by atoms with Crippen molar-refractivity contribution in [3.05, 3.63) is 41.5 Å². The van der Waals surface area contributed by atoms with Crippen LogP contribution in [0.5, 0.6) is 5.75 Å². The lowest BCUT2D eigenvalue weighted by Gasteiger charge is -2.20. The van der Waals surface area contributed by atoms with E-state index in [1.54, 1.807) is 12.1 Å². The number of hydrogen-bond acceptors (Lipinski definition) is 8. The van der Waals surface area contributed by atoms with Gasteiger partial charge in [0.1, 0.15) is 17.0 Å². The van der Waals surface area contributed by atoms with Crippen molar-refractivity contribution in [3.63, 3.8) is 0 Å². The van der Waals surface area contributed by atoms with E-state index in [1.165, 1.54) is 25.5 Å². The second-order valence-electron chi connectivity index (χ2n) is 6.93. The van der Waals surface area contributed by atoms with Crippen LogP contribution in [0.1, 0.15) is 28.8 Å². The summed E-state index contributed by atoms with van der Waals surface area (Å²) in [6, 6.07) is 8.31. The van der Waals surface area contributed by atoms with Gasteiger partial charge in [-0.15, -0.1) is 0 Å². The van der Waals surface area contributed by atoms with Crippen molar-refractivity contribution < 1.29 is 14.6 Å². The molecule has 2 heterocycles. The Morgan fingerprint density at radius 2 is 1.93 bits per heavy atom. The summed E-state index contributed by atoms with van der Waals surface area (Å²) in [5.41, 5.74) is 9.48. The minimum Gasteiger partial charge on any atom is -0.507 e. The van der Waals surface area contributed by atoms with Gasteiger partial charge in [0, 0.05) is 42.2 Å². The highest BCUT2D eigenvalue weighted by Gasteiger charge is 2.22. The predicted molar refractivity (Wildman–Crippen MR) is 112 cm³/mol. The average molecular weight is 391 g/mol. The van der Waals surface area contributed by atoms with Crippen molar-refractivity contribution in [1.82, 2.24) is 9.97 Å². The number of carbonyl (C=O) groups excluding carboxylic acids is 1. The number of nitrogens with zero attached hydrogens (tertiary/aromatic N) is 3. The SMILES string of the molecule is COC(=O)c1cc2nc(N3CCCC3)c(-c3ccc(N)c(C=N)c3)nc2cc1O. The molecule has 3 aromatic rings. The Kier molecular flexibility index (Phi) is 4.75. The number of phenols is 1. The van der Waals surface area contributed by atoms with Crippen LogP contribution < -0.4 is 10.6 Å². The minimum atomic E-state index is -0.632. The van der Waals surface area contributed by atoms with E-state index >= 15 is 0 Å². The van der Waals surface area contributed by atoms with Crippen LogP contribution in [-0.4, -0.2) is 47.5 Å². The molecular formula is C21H21N5O3. The molecule has 1 aliphatic heterocycles. The molecule has 1 aliphatic rings. The number of nitrogens with one attached hydrogen (secondary N) is 1. The zero-order valence-corrected chi connectivity index (χ0v) is 16.0. The molecule has 0 saturated carbocycles. The summed E-state index contributed by atoms with van der Waals surface area (Å²) in [7, 11) is 1.26. The normalized spacial score (nSPS) is 13.6. The third kappa shape index (κ3) is 3.33. The number of nitrogen functional groups attached to an aromatic ring is 1. The molecule has 4 rings (SSSR count). The molecule has 0 aliphatic carbocycles. The standard InChI is InChI=1S/C21H21N5O3/c1-29-21(28)14-9-16-17(10-18(14)27)24-19(20(25-16)26-6-2-3-7-26)12-4-5-15(23)13(8-12)11-22/h4-5,8-11,22,27H,2-3,6-7,23H2,1H3. The topological polar surface area (TPSA) is 125 Å². The Balaban J connectivity index is 1.95. The van der Waals surface area contributed by atoms with Crippen LogP contribution in [0.4, 0.5) is 11.5 Å². The Hall–Kier alpha value is -3.68. The molecular weight excluding hydrogens is 370 g/mol. The maximum Gasteiger partial charge on any atom is 0.341 e. The molecule has 0 bridgehead atoms. The van der Waals surface area contributed by atoms with Gasteiger partial charge in [-0.05, 0) is 31.0 Å². The van der Waals surface area contributed by atoms with Crippen LogP contribution in [-0.2, 0) is 4.74 Å². The molecule has 2 aromatic carbocycles. The van der Waals surface area contributed by atoms with E-state index < -0.39 is 5.97 Å². The van der Waals surface area contributed by atoms with Crippen LogP contribution >= 0.6 is 0 Å². The smallest absolute Gasteiger partial charge is 0.341 e. The third-order valence-corrected chi connectivity index (χ3v) is 5.09. The van der Waals surface area contributed by atoms with Gasteiger partial charge in [0.05, 0.1) is 18.1 Å². The highest BCUT2D eigenvalue weighted by Crippen LogP contribution is 2.34. The number of benzene rings is 2. The van der Waals surface area contributed by atoms with Crippen molar-refractivity contribution in [2.45, 2.75) is 12.8 Å². The van der Waals surface area contributed by atoms with Gasteiger partial charge >= 0.3 is 5.97 Å². The number of methoxy groups -OCH3 is 1. The highest BCUT2D eigenvalue weighted by atomic mass is 16.5. The van der Waals surface area contributed by atoms with E-state index in [1.807, 2.05) is 6.07 Å². The first kappa shape index (κ1) is 18.7. The third-order valence-electron chi connectivity index (χ3n) is 5.09. The quantitative estimate of drug-likeness (QED) is 0.355. The van der Waals surface area contributed by atoms with Crippen molar-refractivity contribution in [2.24, 2.45) is 0 Å². The maximum atomic E-state index is 11.9. The van der Waals surface area contributed by atoms with Gasteiger partial charge in [0.15, 0.2) is 5.82 Å². The lowest BCUT2D eigenvalue weighted by molar-refractivity contribution is 0.0597. The van der Waals surface area contributed by atoms with Crippen molar-refractivity contribution in [2.75, 3.05) is 30.8 Å². The molecule has 4 N–H and O–H groups in total. The zero-order valence-electron chi connectivity index (χ0n) is 16.0. The van der Waals surface area contributed by atoms with Crippen molar-refractivity contribution >= 4 is 34.7 Å². The second-order valence-corrected chi connectivity index (χ2v) is 6.93. The molecule has 0 unspecified atom stereocenters. The fourth-order valence-corrected chi connectivity index (χ4v) is 3.55. The van der Waals surface area contributed by atoms with Crippen LogP contribution in [0.3, 0.4) is 0 Å². The number of aromatic hydroxyl groups is 1. The van der Waals surface area contributed by atoms with Gasteiger partial charge in [-0.2, -0.15) is 0 Å². The zero-order chi connectivity index (χ0) is 20.5. The molecule has 1 fully saturated rings. The number of carbonyl (C=O) groups is 1. The van der Waals surface area contributed by atoms with E-state index in [-0.39, 0.29) is 11.3 Å². The summed E-state index contributed by atoms with van der Waals surface area (Å²) in [4.78, 5) is 23.6. The van der Waals surface area contributed by atoms with Crippen molar-refractivity contribution in [3.8, 4) is 17.0 Å². The molecule has 29 heavy (non-hydrogen) atoms. The Labute approximate surface area is 167 Å². The van der Waals surface area contributed by atoms with Gasteiger partial charge in [0.2, 0.25) is 0 Å². The van der Waals surface area contributed by atoms with Crippen LogP contribution in [0, 0.1) is 5.41 Å². The summed E-state index contributed by atoms with van der Waals surface area (Å²) in [6.45, 7) is 1.73. The van der Waals surface area contributed by atoms with E-state index in [0.717, 1.165) is 31.5 Å². The largest absolute Gasteiger partial charge is 0.507 e. The lowest BCUT2D eigenvalue weighted by Crippen LogP contribution is -2.20. The van der Waals surface area contributed by atoms with Gasteiger partial charge < -0.3 is 25.9 Å². The lowest BCUT2D eigenvalue weighted by atomic mass is 10.1. The summed E-state index contributed by atoms with van der Waals surface area (Å²) in [5.74, 6) is -0.139. The number of phenolic OH excluding ortho intramolecular Hbond substituents is 1. The van der Waals surface area contributed by atoms with Gasteiger partial charge in [-0.3, -0.25) is 0 Å². The predicted octanol–water partition coefficient (Wildman–Crippen LogP) is 2.97. The first-order chi connectivity index (χ1) is 14.0. The van der Waals surface area contributed by atoms with E-state index in [2.05, 4.69) is 4.90 Å². The number of ether oxygens (including phenoxy) is 1. The van der Waals surface area contributed by atoms with Gasteiger partial charge in [-0.1, -0.05) is 6.07 Å². The maximum absolute atomic E-state index is 11.9. The highest BCUT2D eigenvalue weighted by molar-refractivity contribution is 5.98. The minimum absolute atomic E-state index is 0.0491. The molecule has 148 valence electrons. The molecule has 8 nitrogen and oxygen atoms in total. The Morgan fingerprint density at radius 1 is 1.21 bits per heavy atom. The number of hydrogen-bond donors (Lipinski definition) is 3. The number of anilines is 2. The number of fused-ring (bicyclic) bond motifs is 1. The summed E-state index contributed by atoms with van der Waals surface area (Å²) in [6.07, 6.45) is 3.34. The monoisotopic (exact) mass is 391 g/mol. The van der Waals surface area contributed by atoms with E-state index in [4.69, 9.17) is 25.8 Å². The number of esters is 1. The molecule has 0 radical (unpaired) electrons. The fraction of sp³-hybridized carbons (Fsp3) is 0.238. The van der Waals surface area contributed by atoms with Crippen LogP contribution in [0.2, 0.25) is 0 Å². The summed E-state index contributed by atoms with van der Waals surface area (Å²) >= 11 is 0. The second kappa shape index (κ2) is 7.38. The Morgan fingerprint density at radius 3 is 2.62 bits per heavy atom. The molecule has 0 spiro atoms. The summed E-state index contributed by atoms with van der Waals surface area (Å²) in [5, 5.41) is 17.8. The van der Waals surface area contributed by atoms with Crippen LogP contribution in [0.15, 0.2) is 30.3 Å². The number of rotatable bonds is 4. The molecule has 0 atom stereocenters. The molecule has 1 aromatic heterocycles. The van der Waals surface area contributed by atoms with Crippen molar-refractivity contribution in [1.29, 1.82) is 5.41 Å². The number of nitrogens with two attached hydrogens (primary N) is 1. The fourth-order valence-electron chi connectivity index (χ4n) is 3.55. The van der Waals surface area contributed by atoms with Crippen LogP contribution in [0.25, 0.3) is 22.3 Å². The van der Waals surface area contributed by atoms with E-state index in [0.29, 0.717) is 33.8 Å². The molecule has 1 saturated heterocycles. The average Bonchev–Trinajstić information content (AvgIpc) is 3.27. The summed E-state index contributed by atoms with van der Waals surface area (Å²) < 4.78 is 4.74. The first-order valence-electron chi connectivity index (χ1n) is 9.30. The first-order valence-corrected chi connectivity index (χ1v) is 9.30. The molecule has 8 heteroatoms. The Bertz CT molecular complexity index is 1120. The number of aromatic nitrogens is 2.